The number of thiophene rings is 1. The van der Waals surface area contributed by atoms with Crippen LogP contribution in [0, 0.1) is 23.2 Å². The number of fused-ring (bicyclic) bond motifs is 2. The molecule has 2 atom stereocenters. The number of likely N-dealkylation sites (tertiary alicyclic amines) is 1. The summed E-state index contributed by atoms with van der Waals surface area (Å²) in [5.41, 5.74) is 0.948. The molecular weight excluding hydrogens is 414 g/mol. The van der Waals surface area contributed by atoms with E-state index in [0.717, 1.165) is 15.3 Å². The van der Waals surface area contributed by atoms with Gasteiger partial charge in [0.25, 0.3) is 0 Å². The Balaban J connectivity index is 1.49. The van der Waals surface area contributed by atoms with Gasteiger partial charge in [0.05, 0.1) is 29.6 Å². The van der Waals surface area contributed by atoms with E-state index in [-0.39, 0.29) is 24.0 Å². The molecule has 7 nitrogen and oxygen atoms in total. The summed E-state index contributed by atoms with van der Waals surface area (Å²) in [5.74, 6) is -2.13. The number of anilines is 1. The fourth-order valence-corrected chi connectivity index (χ4v) is 5.47. The van der Waals surface area contributed by atoms with Crippen LogP contribution >= 0.6 is 22.9 Å². The highest BCUT2D eigenvalue weighted by Gasteiger charge is 2.48. The van der Waals surface area contributed by atoms with Crippen LogP contribution in [0.2, 0.25) is 0 Å². The number of allylic oxidation sites excluding steroid dienone is 2. The third-order valence-electron chi connectivity index (χ3n) is 5.61. The Bertz CT molecular complexity index is 991. The number of halogens is 1. The highest BCUT2D eigenvalue weighted by atomic mass is 35.5. The molecule has 1 saturated heterocycles. The highest BCUT2D eigenvalue weighted by Crippen LogP contribution is 2.41. The molecule has 2 unspecified atom stereocenters. The molecule has 0 radical (unpaired) electrons. The Morgan fingerprint density at radius 2 is 2.14 bits per heavy atom. The molecule has 0 aromatic carbocycles. The molecule has 1 N–H and O–H groups in total. The maximum Gasteiger partial charge on any atom is 0.245 e. The number of imide groups is 1. The molecule has 1 aromatic heterocycles. The fourth-order valence-electron chi connectivity index (χ4n) is 4.12. The van der Waals surface area contributed by atoms with Gasteiger partial charge >= 0.3 is 0 Å². The van der Waals surface area contributed by atoms with E-state index in [1.807, 2.05) is 13.8 Å². The van der Waals surface area contributed by atoms with Crippen molar-refractivity contribution >= 4 is 45.7 Å². The number of hydrogen-bond donors (Lipinski definition) is 1. The molecule has 4 rings (SSSR count). The van der Waals surface area contributed by atoms with E-state index in [1.165, 1.54) is 11.3 Å². The highest BCUT2D eigenvalue weighted by molar-refractivity contribution is 7.16. The van der Waals surface area contributed by atoms with Crippen molar-refractivity contribution in [3.63, 3.8) is 0 Å². The van der Waals surface area contributed by atoms with Crippen LogP contribution in [0.1, 0.15) is 42.7 Å². The summed E-state index contributed by atoms with van der Waals surface area (Å²) in [5, 5.41) is 13.3. The molecule has 3 amide bonds. The average molecular weight is 434 g/mol. The lowest BCUT2D eigenvalue weighted by Gasteiger charge is -2.29. The molecule has 152 valence electrons. The molecule has 3 aliphatic rings. The molecule has 3 heterocycles. The zero-order valence-corrected chi connectivity index (χ0v) is 17.7. The second-order valence-corrected chi connectivity index (χ2v) is 9.75. The SMILES string of the molecule is CC1(C)Cc2c(sc(NC(=O)CN3C(=O)C4CC=C(Cl)CC4C3=O)c2C#N)CO1. The van der Waals surface area contributed by atoms with Gasteiger partial charge in [-0.2, -0.15) is 5.26 Å². The molecule has 0 saturated carbocycles. The number of nitrogens with zero attached hydrogens (tertiary/aromatic N) is 2. The van der Waals surface area contributed by atoms with Gasteiger partial charge in [0, 0.05) is 16.3 Å². The van der Waals surface area contributed by atoms with Gasteiger partial charge in [-0.15, -0.1) is 11.3 Å². The molecule has 9 heteroatoms. The summed E-state index contributed by atoms with van der Waals surface area (Å²) in [7, 11) is 0. The predicted molar refractivity (Wildman–Crippen MR) is 107 cm³/mol. The van der Waals surface area contributed by atoms with Crippen LogP contribution in [-0.4, -0.2) is 34.8 Å². The molecule has 2 aliphatic heterocycles. The van der Waals surface area contributed by atoms with E-state index < -0.39 is 17.7 Å². The summed E-state index contributed by atoms with van der Waals surface area (Å²) in [6.45, 7) is 3.94. The van der Waals surface area contributed by atoms with Gasteiger partial charge in [-0.25, -0.2) is 0 Å². The number of ether oxygens (including phenoxy) is 1. The van der Waals surface area contributed by atoms with Gasteiger partial charge in [-0.1, -0.05) is 17.7 Å². The number of rotatable bonds is 3. The number of carbonyl (C=O) groups excluding carboxylic acids is 3. The smallest absolute Gasteiger partial charge is 0.245 e. The van der Waals surface area contributed by atoms with Gasteiger partial charge in [0.2, 0.25) is 17.7 Å². The molecule has 0 bridgehead atoms. The van der Waals surface area contributed by atoms with Crippen LogP contribution in [-0.2, 0) is 32.1 Å². The first kappa shape index (κ1) is 20.1. The van der Waals surface area contributed by atoms with Crippen LogP contribution in [0.3, 0.4) is 0 Å². The van der Waals surface area contributed by atoms with E-state index in [2.05, 4.69) is 11.4 Å². The van der Waals surface area contributed by atoms with Crippen molar-refractivity contribution in [3.8, 4) is 6.07 Å². The first-order valence-corrected chi connectivity index (χ1v) is 10.6. The largest absolute Gasteiger partial charge is 0.370 e. The maximum absolute atomic E-state index is 12.6. The fraction of sp³-hybridized carbons (Fsp3) is 0.500. The lowest BCUT2D eigenvalue weighted by Crippen LogP contribution is -2.38. The van der Waals surface area contributed by atoms with E-state index in [1.54, 1.807) is 6.08 Å². The van der Waals surface area contributed by atoms with Gasteiger partial charge in [-0.3, -0.25) is 19.3 Å². The van der Waals surface area contributed by atoms with Crippen LogP contribution in [0.5, 0.6) is 0 Å². The van der Waals surface area contributed by atoms with Crippen molar-refractivity contribution in [2.75, 3.05) is 11.9 Å². The normalized spacial score (nSPS) is 25.2. The minimum absolute atomic E-state index is 0.334. The van der Waals surface area contributed by atoms with Crippen molar-refractivity contribution in [3.05, 3.63) is 27.1 Å². The minimum atomic E-state index is -0.500. The monoisotopic (exact) mass is 433 g/mol. The Hall–Kier alpha value is -2.21. The van der Waals surface area contributed by atoms with Crippen LogP contribution in [0.25, 0.3) is 0 Å². The third-order valence-corrected chi connectivity index (χ3v) is 7.04. The molecule has 0 spiro atoms. The molecule has 1 aliphatic carbocycles. The first-order chi connectivity index (χ1) is 13.7. The second-order valence-electron chi connectivity index (χ2n) is 8.16. The van der Waals surface area contributed by atoms with Gasteiger partial charge in [0.15, 0.2) is 0 Å². The standard InChI is InChI=1S/C20H20ClN3O4S/c1-20(2)6-13-14(7-22)17(29-15(13)9-28-20)23-16(25)8-24-18(26)11-4-3-10(21)5-12(11)19(24)27/h3,11-12H,4-6,8-9H2,1-2H3,(H,23,25). The maximum atomic E-state index is 12.6. The van der Waals surface area contributed by atoms with Crippen LogP contribution in [0.15, 0.2) is 11.1 Å². The zero-order chi connectivity index (χ0) is 20.9. The summed E-state index contributed by atoms with van der Waals surface area (Å²) in [6, 6.07) is 2.17. The first-order valence-electron chi connectivity index (χ1n) is 9.38. The van der Waals surface area contributed by atoms with Gasteiger partial charge in [-0.05, 0) is 32.3 Å². The quantitative estimate of drug-likeness (QED) is 0.739. The number of amides is 3. The summed E-state index contributed by atoms with van der Waals surface area (Å²) >= 11 is 7.32. The average Bonchev–Trinajstić information content (AvgIpc) is 3.10. The Morgan fingerprint density at radius 1 is 1.41 bits per heavy atom. The van der Waals surface area contributed by atoms with Crippen molar-refractivity contribution in [1.82, 2.24) is 4.90 Å². The summed E-state index contributed by atoms with van der Waals surface area (Å²) < 4.78 is 5.78. The number of carbonyl (C=O) groups is 3. The molecule has 29 heavy (non-hydrogen) atoms. The summed E-state index contributed by atoms with van der Waals surface area (Å²) in [4.78, 5) is 39.7. The van der Waals surface area contributed by atoms with Crippen LogP contribution in [0.4, 0.5) is 5.00 Å². The van der Waals surface area contributed by atoms with E-state index in [0.29, 0.717) is 41.5 Å². The van der Waals surface area contributed by atoms with Crippen molar-refractivity contribution in [2.45, 2.75) is 45.3 Å². The number of hydrogen-bond acceptors (Lipinski definition) is 6. The lowest BCUT2D eigenvalue weighted by molar-refractivity contribution is -0.142. The zero-order valence-electron chi connectivity index (χ0n) is 16.1. The van der Waals surface area contributed by atoms with Crippen LogP contribution < -0.4 is 5.32 Å². The Morgan fingerprint density at radius 3 is 2.86 bits per heavy atom. The van der Waals surface area contributed by atoms with Gasteiger partial charge in [0.1, 0.15) is 17.6 Å². The second kappa shape index (κ2) is 7.24. The molecule has 1 aromatic rings. The summed E-state index contributed by atoms with van der Waals surface area (Å²) in [6.07, 6.45) is 3.09. The van der Waals surface area contributed by atoms with Gasteiger partial charge < -0.3 is 10.1 Å². The van der Waals surface area contributed by atoms with E-state index >= 15 is 0 Å². The van der Waals surface area contributed by atoms with Crippen molar-refractivity contribution in [2.24, 2.45) is 11.8 Å². The third kappa shape index (κ3) is 3.59. The number of nitrogens with one attached hydrogen (secondary N) is 1. The van der Waals surface area contributed by atoms with Crippen molar-refractivity contribution < 1.29 is 19.1 Å². The van der Waals surface area contributed by atoms with E-state index in [4.69, 9.17) is 16.3 Å². The topological polar surface area (TPSA) is 99.5 Å². The Labute approximate surface area is 177 Å². The lowest BCUT2D eigenvalue weighted by atomic mass is 9.85. The van der Waals surface area contributed by atoms with E-state index in [9.17, 15) is 19.6 Å². The number of nitriles is 1. The minimum Gasteiger partial charge on any atom is -0.370 e. The van der Waals surface area contributed by atoms with Crippen molar-refractivity contribution in [1.29, 1.82) is 5.26 Å². The molecule has 1 fully saturated rings. The Kier molecular flexibility index (Phi) is 5.01. The predicted octanol–water partition coefficient (Wildman–Crippen LogP) is 2.93. The molecular formula is C20H20ClN3O4S.